The van der Waals surface area contributed by atoms with Crippen molar-refractivity contribution in [2.45, 2.75) is 55.9 Å². The third-order valence-electron chi connectivity index (χ3n) is 4.15. The summed E-state index contributed by atoms with van der Waals surface area (Å²) < 4.78 is 33.2. The summed E-state index contributed by atoms with van der Waals surface area (Å²) in [5.74, 6) is 0.818. The first-order valence-corrected chi connectivity index (χ1v) is 8.91. The van der Waals surface area contributed by atoms with E-state index in [9.17, 15) is 8.42 Å². The SMILES string of the molecule is O=S(=O)(NC1CCCCCC1)c1ccc2c(c1)CCO2. The van der Waals surface area contributed by atoms with Crippen LogP contribution in [0.2, 0.25) is 0 Å². The van der Waals surface area contributed by atoms with Gasteiger partial charge in [-0.25, -0.2) is 13.1 Å². The van der Waals surface area contributed by atoms with Crippen LogP contribution in [0.5, 0.6) is 5.75 Å². The van der Waals surface area contributed by atoms with Crippen molar-refractivity contribution in [1.82, 2.24) is 4.72 Å². The number of fused-ring (bicyclic) bond motifs is 1. The molecule has 1 saturated carbocycles. The van der Waals surface area contributed by atoms with Crippen LogP contribution in [0.25, 0.3) is 0 Å². The van der Waals surface area contributed by atoms with E-state index < -0.39 is 10.0 Å². The molecule has 4 nitrogen and oxygen atoms in total. The van der Waals surface area contributed by atoms with Gasteiger partial charge in [0.1, 0.15) is 5.75 Å². The molecular formula is C15H21NO3S. The molecule has 1 N–H and O–H groups in total. The molecular weight excluding hydrogens is 274 g/mol. The van der Waals surface area contributed by atoms with E-state index in [1.165, 1.54) is 12.8 Å². The second-order valence-electron chi connectivity index (χ2n) is 5.68. The number of benzene rings is 1. The van der Waals surface area contributed by atoms with Crippen molar-refractivity contribution in [3.8, 4) is 5.75 Å². The van der Waals surface area contributed by atoms with E-state index in [0.29, 0.717) is 11.5 Å². The minimum atomic E-state index is -3.40. The summed E-state index contributed by atoms with van der Waals surface area (Å²) in [5.41, 5.74) is 0.994. The van der Waals surface area contributed by atoms with Gasteiger partial charge in [-0.3, -0.25) is 0 Å². The number of hydrogen-bond acceptors (Lipinski definition) is 3. The quantitative estimate of drug-likeness (QED) is 0.872. The Labute approximate surface area is 120 Å². The molecule has 0 amide bonds. The van der Waals surface area contributed by atoms with E-state index in [4.69, 9.17) is 4.74 Å². The van der Waals surface area contributed by atoms with Gasteiger partial charge in [0.2, 0.25) is 10.0 Å². The van der Waals surface area contributed by atoms with Crippen LogP contribution in [0.1, 0.15) is 44.1 Å². The van der Waals surface area contributed by atoms with Crippen molar-refractivity contribution < 1.29 is 13.2 Å². The van der Waals surface area contributed by atoms with Gasteiger partial charge >= 0.3 is 0 Å². The highest BCUT2D eigenvalue weighted by molar-refractivity contribution is 7.89. The van der Waals surface area contributed by atoms with Gasteiger partial charge in [0.25, 0.3) is 0 Å². The van der Waals surface area contributed by atoms with Crippen LogP contribution in [0.15, 0.2) is 23.1 Å². The largest absolute Gasteiger partial charge is 0.493 e. The minimum absolute atomic E-state index is 0.0898. The maximum atomic E-state index is 12.5. The van der Waals surface area contributed by atoms with Crippen molar-refractivity contribution >= 4 is 10.0 Å². The standard InChI is InChI=1S/C15H21NO3S/c17-20(18,16-13-5-3-1-2-4-6-13)14-7-8-15-12(11-14)9-10-19-15/h7-8,11,13,16H,1-6,9-10H2. The van der Waals surface area contributed by atoms with Crippen LogP contribution in [-0.4, -0.2) is 21.1 Å². The fourth-order valence-electron chi connectivity index (χ4n) is 3.01. The second-order valence-corrected chi connectivity index (χ2v) is 7.39. The molecule has 0 saturated heterocycles. The Kier molecular flexibility index (Phi) is 3.98. The predicted molar refractivity (Wildman–Crippen MR) is 77.5 cm³/mol. The summed E-state index contributed by atoms with van der Waals surface area (Å²) in [6.45, 7) is 0.648. The van der Waals surface area contributed by atoms with E-state index in [1.54, 1.807) is 18.2 Å². The highest BCUT2D eigenvalue weighted by Gasteiger charge is 2.23. The molecule has 1 fully saturated rings. The molecule has 3 rings (SSSR count). The minimum Gasteiger partial charge on any atom is -0.493 e. The Morgan fingerprint density at radius 3 is 2.60 bits per heavy atom. The van der Waals surface area contributed by atoms with Gasteiger partial charge in [-0.15, -0.1) is 0 Å². The second kappa shape index (κ2) is 5.74. The van der Waals surface area contributed by atoms with Crippen LogP contribution in [0.4, 0.5) is 0 Å². The molecule has 20 heavy (non-hydrogen) atoms. The Bertz CT molecular complexity index is 575. The van der Waals surface area contributed by atoms with Crippen molar-refractivity contribution in [2.75, 3.05) is 6.61 Å². The zero-order valence-electron chi connectivity index (χ0n) is 11.6. The summed E-state index contributed by atoms with van der Waals surface area (Å²) in [6.07, 6.45) is 7.36. The molecule has 0 aromatic heterocycles. The van der Waals surface area contributed by atoms with Gasteiger partial charge in [0.15, 0.2) is 0 Å². The fraction of sp³-hybridized carbons (Fsp3) is 0.600. The Morgan fingerprint density at radius 1 is 1.10 bits per heavy atom. The molecule has 110 valence electrons. The average molecular weight is 295 g/mol. The predicted octanol–water partition coefficient (Wildman–Crippen LogP) is 2.62. The monoisotopic (exact) mass is 295 g/mol. The van der Waals surface area contributed by atoms with Crippen molar-refractivity contribution in [3.05, 3.63) is 23.8 Å². The van der Waals surface area contributed by atoms with E-state index in [2.05, 4.69) is 4.72 Å². The fourth-order valence-corrected chi connectivity index (χ4v) is 4.37. The van der Waals surface area contributed by atoms with Gasteiger partial charge in [-0.05, 0) is 36.6 Å². The zero-order chi connectivity index (χ0) is 14.0. The summed E-state index contributed by atoms with van der Waals surface area (Å²) in [4.78, 5) is 0.367. The van der Waals surface area contributed by atoms with Gasteiger partial charge in [-0.1, -0.05) is 25.7 Å². The van der Waals surface area contributed by atoms with Gasteiger partial charge in [0.05, 0.1) is 11.5 Å². The molecule has 1 aromatic rings. The van der Waals surface area contributed by atoms with E-state index in [1.807, 2.05) is 0 Å². The average Bonchev–Trinajstić information content (AvgIpc) is 2.75. The summed E-state index contributed by atoms with van der Waals surface area (Å²) in [5, 5.41) is 0. The third-order valence-corrected chi connectivity index (χ3v) is 5.67. The molecule has 1 aliphatic carbocycles. The molecule has 1 aromatic carbocycles. The van der Waals surface area contributed by atoms with E-state index in [-0.39, 0.29) is 6.04 Å². The zero-order valence-corrected chi connectivity index (χ0v) is 12.4. The van der Waals surface area contributed by atoms with E-state index in [0.717, 1.165) is 43.4 Å². The number of rotatable bonds is 3. The highest BCUT2D eigenvalue weighted by Crippen LogP contribution is 2.28. The van der Waals surface area contributed by atoms with Crippen molar-refractivity contribution in [2.24, 2.45) is 0 Å². The highest BCUT2D eigenvalue weighted by atomic mass is 32.2. The first-order chi connectivity index (χ1) is 9.65. The van der Waals surface area contributed by atoms with Crippen LogP contribution < -0.4 is 9.46 Å². The van der Waals surface area contributed by atoms with Crippen LogP contribution in [0, 0.1) is 0 Å². The molecule has 2 aliphatic rings. The Hall–Kier alpha value is -1.07. The summed E-state index contributed by atoms with van der Waals surface area (Å²) in [6, 6.07) is 5.25. The molecule has 0 unspecified atom stereocenters. The third kappa shape index (κ3) is 2.99. The maximum absolute atomic E-state index is 12.5. The molecule has 0 radical (unpaired) electrons. The van der Waals surface area contributed by atoms with Crippen LogP contribution in [0.3, 0.4) is 0 Å². The topological polar surface area (TPSA) is 55.4 Å². The molecule has 0 atom stereocenters. The Morgan fingerprint density at radius 2 is 1.85 bits per heavy atom. The maximum Gasteiger partial charge on any atom is 0.240 e. The summed E-state index contributed by atoms with van der Waals surface area (Å²) >= 11 is 0. The lowest BCUT2D eigenvalue weighted by Crippen LogP contribution is -2.34. The Balaban J connectivity index is 1.77. The normalized spacial score (nSPS) is 20.2. The number of nitrogens with one attached hydrogen (secondary N) is 1. The first-order valence-electron chi connectivity index (χ1n) is 7.43. The van der Waals surface area contributed by atoms with Crippen molar-refractivity contribution in [1.29, 1.82) is 0 Å². The lowest BCUT2D eigenvalue weighted by Gasteiger charge is -2.16. The van der Waals surface area contributed by atoms with Gasteiger partial charge in [0, 0.05) is 12.5 Å². The molecule has 1 heterocycles. The molecule has 1 aliphatic heterocycles. The molecule has 0 spiro atoms. The first kappa shape index (κ1) is 13.9. The number of hydrogen-bond donors (Lipinski definition) is 1. The lowest BCUT2D eigenvalue weighted by atomic mass is 10.1. The van der Waals surface area contributed by atoms with E-state index >= 15 is 0 Å². The van der Waals surface area contributed by atoms with Crippen LogP contribution in [-0.2, 0) is 16.4 Å². The molecule has 0 bridgehead atoms. The lowest BCUT2D eigenvalue weighted by molar-refractivity contribution is 0.356. The van der Waals surface area contributed by atoms with Gasteiger partial charge < -0.3 is 4.74 Å². The number of ether oxygens (including phenoxy) is 1. The van der Waals surface area contributed by atoms with Crippen LogP contribution >= 0.6 is 0 Å². The van der Waals surface area contributed by atoms with Crippen molar-refractivity contribution in [3.63, 3.8) is 0 Å². The summed E-state index contributed by atoms with van der Waals surface area (Å²) in [7, 11) is -3.40. The van der Waals surface area contributed by atoms with Gasteiger partial charge in [-0.2, -0.15) is 0 Å². The number of sulfonamides is 1. The molecule has 5 heteroatoms. The smallest absolute Gasteiger partial charge is 0.240 e.